The Labute approximate surface area is 158 Å². The molecule has 1 fully saturated rings. The summed E-state index contributed by atoms with van der Waals surface area (Å²) in [6.45, 7) is 2.69. The Morgan fingerprint density at radius 1 is 1.25 bits per heavy atom. The van der Waals surface area contributed by atoms with E-state index >= 15 is 0 Å². The molecule has 0 bridgehead atoms. The minimum atomic E-state index is -0.820. The zero-order valence-electron chi connectivity index (χ0n) is 10.6. The van der Waals surface area contributed by atoms with E-state index in [4.69, 9.17) is 5.11 Å². The van der Waals surface area contributed by atoms with Crippen molar-refractivity contribution in [2.75, 3.05) is 13.1 Å². The molecule has 1 aliphatic rings. The molecule has 1 aromatic rings. The lowest BCUT2D eigenvalue weighted by Crippen LogP contribution is -2.30. The van der Waals surface area contributed by atoms with Gasteiger partial charge in [-0.05, 0) is 85.8 Å². The first-order valence-electron chi connectivity index (χ1n) is 5.98. The Kier molecular flexibility index (Phi) is 5.54. The normalized spacial score (nSPS) is 22.1. The molecular weight excluding hydrogens is 599 g/mol. The van der Waals surface area contributed by atoms with Crippen molar-refractivity contribution in [3.05, 3.63) is 28.4 Å². The van der Waals surface area contributed by atoms with E-state index in [0.717, 1.165) is 10.7 Å². The number of halogens is 3. The van der Waals surface area contributed by atoms with Crippen LogP contribution in [0.2, 0.25) is 0 Å². The van der Waals surface area contributed by atoms with Crippen molar-refractivity contribution in [3.63, 3.8) is 0 Å². The molecule has 2 rings (SSSR count). The Balaban J connectivity index is 2.28. The molecule has 4 nitrogen and oxygen atoms in total. The molecule has 1 N–H and O–H groups in total. The number of rotatable bonds is 2. The van der Waals surface area contributed by atoms with Gasteiger partial charge in [0.1, 0.15) is 0 Å². The molecule has 1 amide bonds. The zero-order chi connectivity index (χ0) is 15.0. The second-order valence-electron chi connectivity index (χ2n) is 4.88. The van der Waals surface area contributed by atoms with Crippen molar-refractivity contribution < 1.29 is 14.7 Å². The monoisotopic (exact) mass is 611 g/mol. The van der Waals surface area contributed by atoms with Crippen molar-refractivity contribution >= 4 is 79.6 Å². The number of carbonyl (C=O) groups is 2. The van der Waals surface area contributed by atoms with E-state index in [0.29, 0.717) is 18.7 Å². The van der Waals surface area contributed by atoms with E-state index in [1.165, 1.54) is 0 Å². The molecule has 2 atom stereocenters. The van der Waals surface area contributed by atoms with Gasteiger partial charge in [0, 0.05) is 23.8 Å². The second kappa shape index (κ2) is 6.63. The predicted molar refractivity (Wildman–Crippen MR) is 101 cm³/mol. The largest absolute Gasteiger partial charge is 0.481 e. The molecule has 0 aromatic heterocycles. The van der Waals surface area contributed by atoms with Crippen LogP contribution >= 0.6 is 67.8 Å². The number of carboxylic acids is 1. The van der Waals surface area contributed by atoms with Crippen LogP contribution in [0.1, 0.15) is 17.3 Å². The van der Waals surface area contributed by atoms with Crippen LogP contribution in [0, 0.1) is 22.5 Å². The summed E-state index contributed by atoms with van der Waals surface area (Å²) in [5.74, 6) is -1.35. The van der Waals surface area contributed by atoms with Crippen molar-refractivity contribution in [2.24, 2.45) is 11.8 Å². The van der Waals surface area contributed by atoms with E-state index in [1.54, 1.807) is 4.90 Å². The van der Waals surface area contributed by atoms with Crippen LogP contribution in [0.4, 0.5) is 0 Å². The topological polar surface area (TPSA) is 57.6 Å². The third-order valence-electron chi connectivity index (χ3n) is 3.44. The fraction of sp³-hybridized carbons (Fsp3) is 0.385. The molecule has 108 valence electrons. The summed E-state index contributed by atoms with van der Waals surface area (Å²) < 4.78 is 2.98. The van der Waals surface area contributed by atoms with Crippen LogP contribution in [0.5, 0.6) is 0 Å². The minimum Gasteiger partial charge on any atom is -0.481 e. The third kappa shape index (κ3) is 3.39. The van der Waals surface area contributed by atoms with Gasteiger partial charge >= 0.3 is 5.97 Å². The van der Waals surface area contributed by atoms with Crippen LogP contribution < -0.4 is 0 Å². The van der Waals surface area contributed by atoms with Gasteiger partial charge < -0.3 is 10.0 Å². The maximum absolute atomic E-state index is 12.6. The maximum Gasteiger partial charge on any atom is 0.308 e. The Morgan fingerprint density at radius 2 is 1.90 bits per heavy atom. The van der Waals surface area contributed by atoms with Gasteiger partial charge in [-0.3, -0.25) is 9.59 Å². The molecule has 0 radical (unpaired) electrons. The SMILES string of the molecule is CC1CN(C(=O)c2cc(I)cc(I)c2I)CC1C(=O)O. The van der Waals surface area contributed by atoms with Gasteiger partial charge in [-0.25, -0.2) is 0 Å². The number of carboxylic acid groups (broad SMARTS) is 1. The van der Waals surface area contributed by atoms with Crippen LogP contribution in [0.25, 0.3) is 0 Å². The number of likely N-dealkylation sites (tertiary alicyclic amines) is 1. The summed E-state index contributed by atoms with van der Waals surface area (Å²) in [7, 11) is 0. The molecule has 1 aliphatic heterocycles. The Morgan fingerprint density at radius 3 is 2.45 bits per heavy atom. The number of carbonyl (C=O) groups excluding carboxylic acids is 1. The number of nitrogens with zero attached hydrogens (tertiary/aromatic N) is 1. The number of aliphatic carboxylic acids is 1. The quantitative estimate of drug-likeness (QED) is 0.413. The van der Waals surface area contributed by atoms with Crippen LogP contribution in [-0.4, -0.2) is 35.0 Å². The Hall–Kier alpha value is 0.350. The molecule has 0 saturated carbocycles. The second-order valence-corrected chi connectivity index (χ2v) is 8.37. The van der Waals surface area contributed by atoms with E-state index in [2.05, 4.69) is 67.8 Å². The van der Waals surface area contributed by atoms with Gasteiger partial charge in [0.2, 0.25) is 0 Å². The fourth-order valence-corrected chi connectivity index (χ4v) is 4.72. The van der Waals surface area contributed by atoms with Gasteiger partial charge in [0.15, 0.2) is 0 Å². The van der Waals surface area contributed by atoms with Gasteiger partial charge in [-0.2, -0.15) is 0 Å². The minimum absolute atomic E-state index is 0.00373. The van der Waals surface area contributed by atoms with Gasteiger partial charge in [0.25, 0.3) is 5.91 Å². The number of hydrogen-bond donors (Lipinski definition) is 1. The fourth-order valence-electron chi connectivity index (χ4n) is 2.34. The first-order chi connectivity index (χ1) is 9.31. The lowest BCUT2D eigenvalue weighted by molar-refractivity contribution is -0.142. The van der Waals surface area contributed by atoms with Crippen LogP contribution in [0.15, 0.2) is 12.1 Å². The maximum atomic E-state index is 12.6. The summed E-state index contributed by atoms with van der Waals surface area (Å²) in [6, 6.07) is 3.89. The molecule has 1 heterocycles. The van der Waals surface area contributed by atoms with Gasteiger partial charge in [-0.15, -0.1) is 0 Å². The average molecular weight is 611 g/mol. The molecular formula is C13H12I3NO3. The molecule has 7 heteroatoms. The molecule has 0 spiro atoms. The molecule has 1 saturated heterocycles. The highest BCUT2D eigenvalue weighted by Crippen LogP contribution is 2.28. The molecule has 1 aromatic carbocycles. The first-order valence-corrected chi connectivity index (χ1v) is 9.21. The van der Waals surface area contributed by atoms with Crippen LogP contribution in [-0.2, 0) is 4.79 Å². The summed E-state index contributed by atoms with van der Waals surface area (Å²) in [6.07, 6.45) is 0. The van der Waals surface area contributed by atoms with Crippen molar-refractivity contribution in [1.82, 2.24) is 4.90 Å². The van der Waals surface area contributed by atoms with Crippen molar-refractivity contribution in [3.8, 4) is 0 Å². The van der Waals surface area contributed by atoms with Gasteiger partial charge in [-0.1, -0.05) is 6.92 Å². The average Bonchev–Trinajstić information content (AvgIpc) is 2.75. The van der Waals surface area contributed by atoms with Crippen molar-refractivity contribution in [1.29, 1.82) is 0 Å². The molecule has 0 aliphatic carbocycles. The van der Waals surface area contributed by atoms with E-state index in [1.807, 2.05) is 19.1 Å². The Bertz CT molecular complexity index is 576. The van der Waals surface area contributed by atoms with Crippen molar-refractivity contribution in [2.45, 2.75) is 6.92 Å². The lowest BCUT2D eigenvalue weighted by Gasteiger charge is -2.17. The molecule has 2 unspecified atom stereocenters. The summed E-state index contributed by atoms with van der Waals surface area (Å²) in [5.41, 5.74) is 0.667. The van der Waals surface area contributed by atoms with Crippen LogP contribution in [0.3, 0.4) is 0 Å². The highest BCUT2D eigenvalue weighted by molar-refractivity contribution is 14.1. The van der Waals surface area contributed by atoms with E-state index < -0.39 is 11.9 Å². The number of benzene rings is 1. The number of amides is 1. The van der Waals surface area contributed by atoms with E-state index in [-0.39, 0.29) is 11.8 Å². The highest BCUT2D eigenvalue weighted by Gasteiger charge is 2.37. The lowest BCUT2D eigenvalue weighted by atomic mass is 9.99. The smallest absolute Gasteiger partial charge is 0.308 e. The third-order valence-corrected chi connectivity index (χ3v) is 7.11. The highest BCUT2D eigenvalue weighted by atomic mass is 127. The summed E-state index contributed by atoms with van der Waals surface area (Å²) in [5, 5.41) is 9.15. The predicted octanol–water partition coefficient (Wildman–Crippen LogP) is 3.29. The first kappa shape index (κ1) is 16.7. The van der Waals surface area contributed by atoms with Gasteiger partial charge in [0.05, 0.1) is 11.5 Å². The number of hydrogen-bond acceptors (Lipinski definition) is 2. The standard InChI is InChI=1S/C13H12I3NO3/c1-6-4-17(5-9(6)13(19)20)12(18)8-2-7(14)3-10(15)11(8)16/h2-3,6,9H,4-5H2,1H3,(H,19,20). The summed E-state index contributed by atoms with van der Waals surface area (Å²) >= 11 is 6.58. The zero-order valence-corrected chi connectivity index (χ0v) is 17.0. The van der Waals surface area contributed by atoms with E-state index in [9.17, 15) is 9.59 Å². The molecule has 20 heavy (non-hydrogen) atoms. The summed E-state index contributed by atoms with van der Waals surface area (Å²) in [4.78, 5) is 25.4.